The monoisotopic (exact) mass is 456 g/mol. The molecule has 0 bridgehead atoms. The standard InChI is InChI=1S/C13H20N4O.C7H8O.C7H16/c1-9(2)16-13(14)12-10(3)17(8-15-12)11-6-4-5-7-18-11;1-6-2-4-7(8)5-3-6;1-3-5-7-6-4-2/h8,11H,3-7,14H2,1-2H3;2-5,8H,1H3;3-7H2,1-2H3/b13-12+;;. The number of nitrogens with zero attached hydrogens (tertiary/aromatic N) is 3. The zero-order chi connectivity index (χ0) is 24.6. The number of unbranched alkanes of at least 4 members (excludes halogenated alkanes) is 4. The van der Waals surface area contributed by atoms with Crippen molar-refractivity contribution in [1.82, 2.24) is 9.55 Å². The summed E-state index contributed by atoms with van der Waals surface area (Å²) in [6.07, 6.45) is 12.1. The van der Waals surface area contributed by atoms with Crippen LogP contribution in [0, 0.1) is 6.92 Å². The molecule has 0 amide bonds. The highest BCUT2D eigenvalue weighted by Gasteiger charge is 2.16. The molecule has 0 saturated carbocycles. The van der Waals surface area contributed by atoms with E-state index in [1.807, 2.05) is 37.5 Å². The van der Waals surface area contributed by atoms with E-state index in [0.717, 1.165) is 30.5 Å². The van der Waals surface area contributed by atoms with E-state index in [-0.39, 0.29) is 6.23 Å². The van der Waals surface area contributed by atoms with E-state index >= 15 is 0 Å². The Morgan fingerprint density at radius 1 is 1.15 bits per heavy atom. The Kier molecular flexibility index (Phi) is 13.9. The number of aliphatic imine (C=N–C) groups is 1. The topological polar surface area (TPSA) is 85.7 Å². The summed E-state index contributed by atoms with van der Waals surface area (Å²) >= 11 is 0. The highest BCUT2D eigenvalue weighted by atomic mass is 16.5. The number of imidazole rings is 1. The lowest BCUT2D eigenvalue weighted by Crippen LogP contribution is -2.35. The maximum Gasteiger partial charge on any atom is 0.151 e. The van der Waals surface area contributed by atoms with Crippen molar-refractivity contribution in [3.8, 4) is 5.75 Å². The average molecular weight is 457 g/mol. The smallest absolute Gasteiger partial charge is 0.151 e. The average Bonchev–Trinajstić information content (AvgIpc) is 3.19. The molecule has 1 aromatic heterocycles. The van der Waals surface area contributed by atoms with Crippen LogP contribution in [0.2, 0.25) is 0 Å². The van der Waals surface area contributed by atoms with Crippen LogP contribution in [0.1, 0.15) is 90.9 Å². The Labute approximate surface area is 199 Å². The minimum Gasteiger partial charge on any atom is -0.508 e. The number of aromatic hydroxyl groups is 1. The molecule has 1 unspecified atom stereocenters. The van der Waals surface area contributed by atoms with E-state index in [1.54, 1.807) is 18.5 Å². The number of ether oxygens (including phenoxy) is 1. The van der Waals surface area contributed by atoms with Gasteiger partial charge in [-0.15, -0.1) is 0 Å². The maximum absolute atomic E-state index is 8.76. The molecule has 1 fully saturated rings. The molecule has 1 aliphatic rings. The van der Waals surface area contributed by atoms with Crippen molar-refractivity contribution < 1.29 is 9.84 Å². The first kappa shape index (κ1) is 28.4. The minimum absolute atomic E-state index is 0.0343. The van der Waals surface area contributed by atoms with E-state index in [0.29, 0.717) is 16.9 Å². The summed E-state index contributed by atoms with van der Waals surface area (Å²) in [4.78, 5) is 8.52. The predicted molar refractivity (Wildman–Crippen MR) is 139 cm³/mol. The van der Waals surface area contributed by atoms with E-state index < -0.39 is 0 Å². The Bertz CT molecular complexity index is 897. The molecule has 1 saturated heterocycles. The van der Waals surface area contributed by atoms with Crippen LogP contribution in [0.4, 0.5) is 0 Å². The zero-order valence-electron chi connectivity index (χ0n) is 21.3. The van der Waals surface area contributed by atoms with Crippen LogP contribution in [0.15, 0.2) is 35.6 Å². The number of rotatable bonds is 6. The van der Waals surface area contributed by atoms with E-state index in [9.17, 15) is 0 Å². The molecule has 0 aliphatic carbocycles. The van der Waals surface area contributed by atoms with Crippen LogP contribution in [0.25, 0.3) is 12.4 Å². The molecule has 6 heteroatoms. The minimum atomic E-state index is 0.0343. The Balaban J connectivity index is 0.000000300. The molecule has 3 N–H and O–H groups in total. The maximum atomic E-state index is 8.76. The second-order valence-electron chi connectivity index (χ2n) is 8.61. The van der Waals surface area contributed by atoms with Gasteiger partial charge >= 0.3 is 0 Å². The van der Waals surface area contributed by atoms with Gasteiger partial charge in [-0.05, 0) is 52.2 Å². The first-order chi connectivity index (χ1) is 15.8. The number of aryl methyl sites for hydroxylation is 1. The summed E-state index contributed by atoms with van der Waals surface area (Å²) in [5.41, 5.74) is 7.98. The van der Waals surface area contributed by atoms with Crippen molar-refractivity contribution >= 4 is 18.1 Å². The highest BCUT2D eigenvalue weighted by molar-refractivity contribution is 5.82. The molecule has 184 valence electrons. The van der Waals surface area contributed by atoms with Crippen LogP contribution in [0.5, 0.6) is 5.75 Å². The normalized spacial score (nSPS) is 16.0. The molecule has 0 spiro atoms. The summed E-state index contributed by atoms with van der Waals surface area (Å²) in [5, 5.41) is 10.2. The van der Waals surface area contributed by atoms with Crippen LogP contribution in [-0.4, -0.2) is 27.0 Å². The summed E-state index contributed by atoms with van der Waals surface area (Å²) in [6.45, 7) is 15.1. The van der Waals surface area contributed by atoms with Crippen LogP contribution in [-0.2, 0) is 4.74 Å². The molecule has 1 atom stereocenters. The Hall–Kier alpha value is -2.60. The van der Waals surface area contributed by atoms with Crippen LogP contribution in [0.3, 0.4) is 0 Å². The van der Waals surface area contributed by atoms with Gasteiger partial charge in [0.25, 0.3) is 0 Å². The number of hydrogen-bond donors (Lipinski definition) is 2. The molecule has 1 aromatic carbocycles. The number of phenolic OH excluding ortho intramolecular Hbond substituents is 1. The largest absolute Gasteiger partial charge is 0.508 e. The van der Waals surface area contributed by atoms with Crippen molar-refractivity contribution in [3.05, 3.63) is 46.9 Å². The van der Waals surface area contributed by atoms with Gasteiger partial charge in [-0.2, -0.15) is 0 Å². The molecule has 3 rings (SSSR count). The second kappa shape index (κ2) is 16.1. The Morgan fingerprint density at radius 2 is 1.79 bits per heavy atom. The van der Waals surface area contributed by atoms with Crippen molar-refractivity contribution in [3.63, 3.8) is 0 Å². The summed E-state index contributed by atoms with van der Waals surface area (Å²) in [5.74, 6) is 0.741. The SMILES string of the molecule is C=c1/c(=C(/N)N=C(C)C)ncn1C1CCCCO1.CCCCCCC.Cc1ccc(O)cc1. The van der Waals surface area contributed by atoms with Gasteiger partial charge in [-0.25, -0.2) is 9.98 Å². The molecule has 6 nitrogen and oxygen atoms in total. The number of aromatic nitrogens is 2. The third-order valence-electron chi connectivity index (χ3n) is 5.19. The van der Waals surface area contributed by atoms with Crippen molar-refractivity contribution in [2.45, 2.75) is 92.2 Å². The van der Waals surface area contributed by atoms with Gasteiger partial charge in [0, 0.05) is 12.3 Å². The molecule has 0 radical (unpaired) electrons. The molecule has 33 heavy (non-hydrogen) atoms. The lowest BCUT2D eigenvalue weighted by atomic mass is 10.2. The van der Waals surface area contributed by atoms with E-state index in [1.165, 1.54) is 44.1 Å². The quantitative estimate of drug-likeness (QED) is 0.463. The zero-order valence-corrected chi connectivity index (χ0v) is 21.3. The third-order valence-corrected chi connectivity index (χ3v) is 5.19. The van der Waals surface area contributed by atoms with Crippen molar-refractivity contribution in [2.24, 2.45) is 10.7 Å². The summed E-state index contributed by atoms with van der Waals surface area (Å²) in [6, 6.07) is 7.09. The van der Waals surface area contributed by atoms with Crippen LogP contribution >= 0.6 is 0 Å². The first-order valence-electron chi connectivity index (χ1n) is 12.2. The van der Waals surface area contributed by atoms with Crippen molar-refractivity contribution in [2.75, 3.05) is 6.61 Å². The van der Waals surface area contributed by atoms with Gasteiger partial charge in [0.2, 0.25) is 0 Å². The van der Waals surface area contributed by atoms with Gasteiger partial charge in [-0.3, -0.25) is 0 Å². The molecule has 1 aliphatic heterocycles. The second-order valence-corrected chi connectivity index (χ2v) is 8.61. The number of hydrogen-bond acceptors (Lipinski definition) is 5. The number of benzene rings is 1. The first-order valence-corrected chi connectivity index (χ1v) is 12.2. The molecule has 2 aromatic rings. The number of phenols is 1. The fourth-order valence-electron chi connectivity index (χ4n) is 3.31. The van der Waals surface area contributed by atoms with E-state index in [2.05, 4.69) is 30.4 Å². The summed E-state index contributed by atoms with van der Waals surface area (Å²) < 4.78 is 7.66. The van der Waals surface area contributed by atoms with Crippen molar-refractivity contribution in [1.29, 1.82) is 0 Å². The molecular weight excluding hydrogens is 412 g/mol. The predicted octanol–water partition coefficient (Wildman–Crippen LogP) is 5.18. The van der Waals surface area contributed by atoms with E-state index in [4.69, 9.17) is 15.6 Å². The third kappa shape index (κ3) is 11.2. The van der Waals surface area contributed by atoms with Gasteiger partial charge in [0.05, 0.1) is 11.7 Å². The van der Waals surface area contributed by atoms with Gasteiger partial charge in [0.1, 0.15) is 17.3 Å². The van der Waals surface area contributed by atoms with Gasteiger partial charge in [-0.1, -0.05) is 70.2 Å². The fourth-order valence-corrected chi connectivity index (χ4v) is 3.31. The van der Waals surface area contributed by atoms with Gasteiger partial charge in [0.15, 0.2) is 5.82 Å². The highest BCUT2D eigenvalue weighted by Crippen LogP contribution is 2.19. The molecule has 2 heterocycles. The number of nitrogens with two attached hydrogens (primary N) is 1. The van der Waals surface area contributed by atoms with Crippen LogP contribution < -0.4 is 16.4 Å². The lowest BCUT2D eigenvalue weighted by molar-refractivity contribution is -0.0335. The molecular formula is C27H44N4O2. The van der Waals surface area contributed by atoms with Gasteiger partial charge < -0.3 is 20.1 Å². The Morgan fingerprint density at radius 3 is 2.27 bits per heavy atom. The summed E-state index contributed by atoms with van der Waals surface area (Å²) in [7, 11) is 0. The lowest BCUT2D eigenvalue weighted by Gasteiger charge is -2.23. The fraction of sp³-hybridized carbons (Fsp3) is 0.556.